The average Bonchev–Trinajstić information content (AvgIpc) is 2.56. The number of rotatable bonds is 3. The minimum atomic E-state index is 0.00876. The molecular weight excluding hydrogens is 344 g/mol. The summed E-state index contributed by atoms with van der Waals surface area (Å²) in [6.07, 6.45) is 3.39. The summed E-state index contributed by atoms with van der Waals surface area (Å²) in [4.78, 5) is 20.8. The average molecular weight is 361 g/mol. The van der Waals surface area contributed by atoms with Gasteiger partial charge < -0.3 is 5.32 Å². The maximum Gasteiger partial charge on any atom is 0.229 e. The smallest absolute Gasteiger partial charge is 0.229 e. The topological polar surface area (TPSA) is 66.9 Å². The maximum atomic E-state index is 12.2. The molecule has 0 saturated carbocycles. The molecule has 0 atom stereocenters. The number of amides is 1. The number of aromatic nitrogens is 2. The number of nitrogens with zero attached hydrogens (tertiary/aromatic N) is 2. The largest absolute Gasteiger partial charge is 0.317 e. The van der Waals surface area contributed by atoms with Crippen molar-refractivity contribution in [1.29, 1.82) is 0 Å². The van der Waals surface area contributed by atoms with Crippen molar-refractivity contribution in [2.45, 2.75) is 12.8 Å². The molecule has 1 fully saturated rings. The Hall–Kier alpha value is -1.79. The third-order valence-electron chi connectivity index (χ3n) is 3.74. The van der Waals surface area contributed by atoms with Crippen LogP contribution in [0.25, 0.3) is 11.3 Å². The van der Waals surface area contributed by atoms with Gasteiger partial charge in [-0.2, -0.15) is 0 Å². The summed E-state index contributed by atoms with van der Waals surface area (Å²) in [5.74, 6) is 0.416. The predicted molar refractivity (Wildman–Crippen MR) is 89.4 cm³/mol. The molecular formula is C16H17BrN4O. The summed E-state index contributed by atoms with van der Waals surface area (Å²) in [7, 11) is 0. The minimum Gasteiger partial charge on any atom is -0.317 e. The third-order valence-corrected chi connectivity index (χ3v) is 4.27. The highest BCUT2D eigenvalue weighted by Gasteiger charge is 2.21. The highest BCUT2D eigenvalue weighted by atomic mass is 79.9. The monoisotopic (exact) mass is 360 g/mol. The van der Waals surface area contributed by atoms with Crippen LogP contribution in [0, 0.1) is 5.92 Å². The second-order valence-electron chi connectivity index (χ2n) is 5.29. The molecule has 0 bridgehead atoms. The third kappa shape index (κ3) is 3.69. The van der Waals surface area contributed by atoms with Crippen LogP contribution >= 0.6 is 15.9 Å². The van der Waals surface area contributed by atoms with Crippen LogP contribution in [0.1, 0.15) is 12.8 Å². The molecule has 22 heavy (non-hydrogen) atoms. The van der Waals surface area contributed by atoms with E-state index < -0.39 is 0 Å². The lowest BCUT2D eigenvalue weighted by Gasteiger charge is -2.21. The van der Waals surface area contributed by atoms with Crippen LogP contribution in [0.4, 0.5) is 5.95 Å². The molecule has 0 unspecified atom stereocenters. The van der Waals surface area contributed by atoms with Crippen molar-refractivity contribution in [3.8, 4) is 11.3 Å². The number of piperidine rings is 1. The molecule has 6 heteroatoms. The van der Waals surface area contributed by atoms with Gasteiger partial charge in [0.25, 0.3) is 0 Å². The lowest BCUT2D eigenvalue weighted by Crippen LogP contribution is -2.34. The number of hydrogen-bond donors (Lipinski definition) is 2. The Bertz CT molecular complexity index is 653. The fourth-order valence-electron chi connectivity index (χ4n) is 2.50. The Morgan fingerprint density at radius 1 is 1.18 bits per heavy atom. The van der Waals surface area contributed by atoms with Crippen LogP contribution in [-0.4, -0.2) is 29.0 Å². The summed E-state index contributed by atoms with van der Waals surface area (Å²) in [6.45, 7) is 1.77. The van der Waals surface area contributed by atoms with E-state index in [4.69, 9.17) is 0 Å². The van der Waals surface area contributed by atoms with E-state index >= 15 is 0 Å². The second kappa shape index (κ2) is 6.98. The van der Waals surface area contributed by atoms with Crippen LogP contribution in [-0.2, 0) is 4.79 Å². The molecule has 1 amide bonds. The number of anilines is 1. The zero-order valence-corrected chi connectivity index (χ0v) is 13.6. The van der Waals surface area contributed by atoms with Crippen molar-refractivity contribution in [2.75, 3.05) is 18.4 Å². The van der Waals surface area contributed by atoms with Gasteiger partial charge in [0.2, 0.25) is 11.9 Å². The molecule has 1 aromatic heterocycles. The molecule has 1 aliphatic heterocycles. The van der Waals surface area contributed by atoms with Crippen molar-refractivity contribution < 1.29 is 4.79 Å². The van der Waals surface area contributed by atoms with Crippen molar-refractivity contribution in [1.82, 2.24) is 15.3 Å². The Kier molecular flexibility index (Phi) is 4.80. The molecule has 3 rings (SSSR count). The Balaban J connectivity index is 1.73. The lowest BCUT2D eigenvalue weighted by molar-refractivity contribution is -0.120. The van der Waals surface area contributed by atoms with E-state index in [1.54, 1.807) is 6.20 Å². The highest BCUT2D eigenvalue weighted by molar-refractivity contribution is 9.10. The Morgan fingerprint density at radius 2 is 1.91 bits per heavy atom. The summed E-state index contributed by atoms with van der Waals surface area (Å²) in [5.41, 5.74) is 1.78. The van der Waals surface area contributed by atoms with Gasteiger partial charge in [-0.25, -0.2) is 9.97 Å². The van der Waals surface area contributed by atoms with Crippen LogP contribution in [0.15, 0.2) is 41.0 Å². The first-order valence-corrected chi connectivity index (χ1v) is 8.12. The number of carbonyl (C=O) groups is 1. The first-order valence-electron chi connectivity index (χ1n) is 7.33. The first kappa shape index (κ1) is 15.1. The van der Waals surface area contributed by atoms with E-state index in [0.717, 1.165) is 41.7 Å². The quantitative estimate of drug-likeness (QED) is 0.882. The zero-order chi connectivity index (χ0) is 15.4. The van der Waals surface area contributed by atoms with E-state index in [9.17, 15) is 4.79 Å². The molecule has 5 nitrogen and oxygen atoms in total. The number of nitrogens with one attached hydrogen (secondary N) is 2. The second-order valence-corrected chi connectivity index (χ2v) is 6.20. The van der Waals surface area contributed by atoms with Crippen LogP contribution in [0.3, 0.4) is 0 Å². The molecule has 1 aromatic carbocycles. The molecule has 2 aromatic rings. The molecule has 0 spiro atoms. The van der Waals surface area contributed by atoms with Gasteiger partial charge >= 0.3 is 0 Å². The first-order chi connectivity index (χ1) is 10.7. The fraction of sp³-hybridized carbons (Fsp3) is 0.312. The van der Waals surface area contributed by atoms with E-state index in [1.165, 1.54) is 0 Å². The van der Waals surface area contributed by atoms with Crippen molar-refractivity contribution in [3.05, 3.63) is 41.0 Å². The number of benzene rings is 1. The number of carbonyl (C=O) groups excluding carboxylic acids is 1. The van der Waals surface area contributed by atoms with E-state index in [-0.39, 0.29) is 11.8 Å². The van der Waals surface area contributed by atoms with E-state index in [1.807, 2.05) is 30.3 Å². The van der Waals surface area contributed by atoms with Gasteiger partial charge in [-0.15, -0.1) is 0 Å². The highest BCUT2D eigenvalue weighted by Crippen LogP contribution is 2.21. The number of hydrogen-bond acceptors (Lipinski definition) is 4. The molecule has 1 saturated heterocycles. The van der Waals surface area contributed by atoms with Crippen molar-refractivity contribution in [3.63, 3.8) is 0 Å². The number of halogens is 1. The lowest BCUT2D eigenvalue weighted by atomic mass is 9.97. The van der Waals surface area contributed by atoms with Crippen LogP contribution < -0.4 is 10.6 Å². The molecule has 2 heterocycles. The van der Waals surface area contributed by atoms with E-state index in [0.29, 0.717) is 5.95 Å². The van der Waals surface area contributed by atoms with Gasteiger partial charge in [-0.3, -0.25) is 10.1 Å². The maximum absolute atomic E-state index is 12.2. The SMILES string of the molecule is O=C(Nc1nccc(-c2ccc(Br)cc2)n1)C1CCNCC1. The standard InChI is InChI=1S/C16H17BrN4O/c17-13-3-1-11(2-4-13)14-7-10-19-16(20-14)21-15(22)12-5-8-18-9-6-12/h1-4,7,10,12,18H,5-6,8-9H2,(H,19,20,21,22). The van der Waals surface area contributed by atoms with Gasteiger partial charge in [-0.05, 0) is 44.1 Å². The minimum absolute atomic E-state index is 0.00876. The zero-order valence-electron chi connectivity index (χ0n) is 12.1. The van der Waals surface area contributed by atoms with Gasteiger partial charge in [0.15, 0.2) is 0 Å². The van der Waals surface area contributed by atoms with Gasteiger partial charge in [0.05, 0.1) is 5.69 Å². The molecule has 1 aliphatic rings. The van der Waals surface area contributed by atoms with Crippen LogP contribution in [0.2, 0.25) is 0 Å². The van der Waals surface area contributed by atoms with E-state index in [2.05, 4.69) is 36.5 Å². The van der Waals surface area contributed by atoms with Gasteiger partial charge in [0, 0.05) is 22.2 Å². The normalized spacial score (nSPS) is 15.5. The summed E-state index contributed by atoms with van der Waals surface area (Å²) in [5, 5.41) is 6.09. The fourth-order valence-corrected chi connectivity index (χ4v) is 2.76. The Morgan fingerprint density at radius 3 is 2.64 bits per heavy atom. The molecule has 114 valence electrons. The van der Waals surface area contributed by atoms with Gasteiger partial charge in [-0.1, -0.05) is 28.1 Å². The predicted octanol–water partition coefficient (Wildman–Crippen LogP) is 2.84. The molecule has 2 N–H and O–H groups in total. The molecule has 0 aliphatic carbocycles. The Labute approximate surface area is 137 Å². The summed E-state index contributed by atoms with van der Waals surface area (Å²) >= 11 is 3.41. The van der Waals surface area contributed by atoms with Gasteiger partial charge in [0.1, 0.15) is 0 Å². The van der Waals surface area contributed by atoms with Crippen molar-refractivity contribution >= 4 is 27.8 Å². The van der Waals surface area contributed by atoms with Crippen LogP contribution in [0.5, 0.6) is 0 Å². The summed E-state index contributed by atoms with van der Waals surface area (Å²) < 4.78 is 1.02. The molecule has 0 radical (unpaired) electrons. The van der Waals surface area contributed by atoms with Crippen molar-refractivity contribution in [2.24, 2.45) is 5.92 Å². The summed E-state index contributed by atoms with van der Waals surface area (Å²) in [6, 6.07) is 9.72.